The third kappa shape index (κ3) is 3.61. The zero-order valence-corrected chi connectivity index (χ0v) is 13.1. The van der Waals surface area contributed by atoms with E-state index in [1.165, 1.54) is 0 Å². The normalized spacial score (nSPS) is 12.7. The highest BCUT2D eigenvalue weighted by Crippen LogP contribution is 2.30. The lowest BCUT2D eigenvalue weighted by atomic mass is 9.97. The summed E-state index contributed by atoms with van der Waals surface area (Å²) in [6, 6.07) is 5.91. The Hall–Kier alpha value is -1.88. The topological polar surface area (TPSA) is 74.2 Å². The Balaban J connectivity index is 2.31. The molecule has 0 amide bonds. The van der Waals surface area contributed by atoms with E-state index >= 15 is 0 Å². The van der Waals surface area contributed by atoms with E-state index in [9.17, 15) is 0 Å². The molecule has 0 fully saturated rings. The molecule has 5 nitrogen and oxygen atoms in total. The first-order valence-corrected chi connectivity index (χ1v) is 7.23. The van der Waals surface area contributed by atoms with E-state index in [2.05, 4.69) is 24.0 Å². The summed E-state index contributed by atoms with van der Waals surface area (Å²) in [5.41, 5.74) is 7.78. The first kappa shape index (κ1) is 15.5. The minimum atomic E-state index is 0.0997. The van der Waals surface area contributed by atoms with E-state index in [1.54, 1.807) is 7.11 Å². The van der Waals surface area contributed by atoms with E-state index in [-0.39, 0.29) is 5.92 Å². The van der Waals surface area contributed by atoms with Gasteiger partial charge in [-0.2, -0.15) is 4.98 Å². The average Bonchev–Trinajstić information content (AvgIpc) is 2.93. The molecule has 0 saturated heterocycles. The van der Waals surface area contributed by atoms with Gasteiger partial charge in [-0.3, -0.25) is 0 Å². The minimum Gasteiger partial charge on any atom is -0.496 e. The highest BCUT2D eigenvalue weighted by molar-refractivity contribution is 5.64. The van der Waals surface area contributed by atoms with Crippen molar-refractivity contribution in [2.75, 3.05) is 13.7 Å². The zero-order valence-electron chi connectivity index (χ0n) is 13.1. The summed E-state index contributed by atoms with van der Waals surface area (Å²) >= 11 is 0. The molecule has 1 unspecified atom stereocenters. The highest BCUT2D eigenvalue weighted by Gasteiger charge is 2.20. The summed E-state index contributed by atoms with van der Waals surface area (Å²) in [4.78, 5) is 4.51. The lowest BCUT2D eigenvalue weighted by Gasteiger charge is -2.12. The number of hydrogen-bond donors (Lipinski definition) is 1. The lowest BCUT2D eigenvalue weighted by molar-refractivity contribution is 0.334. The van der Waals surface area contributed by atoms with E-state index in [4.69, 9.17) is 15.0 Å². The molecule has 0 saturated carbocycles. The second-order valence-electron chi connectivity index (χ2n) is 5.72. The van der Waals surface area contributed by atoms with Crippen LogP contribution < -0.4 is 10.5 Å². The Kier molecular flexibility index (Phi) is 4.96. The smallest absolute Gasteiger partial charge is 0.231 e. The van der Waals surface area contributed by atoms with Crippen LogP contribution in [0.25, 0.3) is 11.4 Å². The lowest BCUT2D eigenvalue weighted by Crippen LogP contribution is -2.15. The number of hydrogen-bond acceptors (Lipinski definition) is 5. The standard InChI is InChI=1S/C16H23N3O2/c1-10(2)7-12(9-17)16-18-15(19-21-16)13-6-5-11(3)8-14(13)20-4/h5-6,8,10,12H,7,9,17H2,1-4H3. The molecule has 0 spiro atoms. The summed E-state index contributed by atoms with van der Waals surface area (Å²) in [6.07, 6.45) is 0.934. The van der Waals surface area contributed by atoms with Gasteiger partial charge >= 0.3 is 0 Å². The fraction of sp³-hybridized carbons (Fsp3) is 0.500. The maximum absolute atomic E-state index is 5.82. The molecule has 2 N–H and O–H groups in total. The summed E-state index contributed by atoms with van der Waals surface area (Å²) in [6.45, 7) is 6.83. The fourth-order valence-electron chi connectivity index (χ4n) is 2.36. The molecule has 21 heavy (non-hydrogen) atoms. The van der Waals surface area contributed by atoms with Gasteiger partial charge in [0.2, 0.25) is 11.7 Å². The number of aryl methyl sites for hydroxylation is 1. The first-order valence-electron chi connectivity index (χ1n) is 7.23. The Bertz CT molecular complexity index is 593. The number of ether oxygens (including phenoxy) is 1. The third-order valence-corrected chi connectivity index (χ3v) is 3.43. The van der Waals surface area contributed by atoms with Gasteiger partial charge in [0, 0.05) is 6.54 Å². The second kappa shape index (κ2) is 6.72. The SMILES string of the molecule is COc1cc(C)ccc1-c1noc(C(CN)CC(C)C)n1. The molecule has 0 aliphatic heterocycles. The van der Waals surface area contributed by atoms with Crippen LogP contribution in [0.15, 0.2) is 22.7 Å². The van der Waals surface area contributed by atoms with Crippen LogP contribution in [0, 0.1) is 12.8 Å². The van der Waals surface area contributed by atoms with Crippen molar-refractivity contribution in [2.45, 2.75) is 33.1 Å². The Morgan fingerprint density at radius 1 is 1.33 bits per heavy atom. The second-order valence-corrected chi connectivity index (χ2v) is 5.72. The molecule has 5 heteroatoms. The van der Waals surface area contributed by atoms with Crippen molar-refractivity contribution in [3.05, 3.63) is 29.7 Å². The van der Waals surface area contributed by atoms with Crippen LogP contribution in [0.2, 0.25) is 0 Å². The molecular formula is C16H23N3O2. The molecular weight excluding hydrogens is 266 g/mol. The van der Waals surface area contributed by atoms with E-state index in [0.717, 1.165) is 23.3 Å². The third-order valence-electron chi connectivity index (χ3n) is 3.43. The molecule has 0 aliphatic rings. The van der Waals surface area contributed by atoms with E-state index in [0.29, 0.717) is 24.2 Å². The van der Waals surface area contributed by atoms with Gasteiger partial charge in [0.15, 0.2) is 0 Å². The van der Waals surface area contributed by atoms with Gasteiger partial charge < -0.3 is 15.0 Å². The number of nitrogens with zero attached hydrogens (tertiary/aromatic N) is 2. The van der Waals surface area contributed by atoms with Gasteiger partial charge in [-0.05, 0) is 37.0 Å². The van der Waals surface area contributed by atoms with Crippen molar-refractivity contribution in [1.82, 2.24) is 10.1 Å². The molecule has 2 rings (SSSR count). The van der Waals surface area contributed by atoms with Crippen molar-refractivity contribution in [3.63, 3.8) is 0 Å². The summed E-state index contributed by atoms with van der Waals surface area (Å²) < 4.78 is 10.8. The van der Waals surface area contributed by atoms with Crippen LogP contribution in [0.4, 0.5) is 0 Å². The molecule has 1 aromatic heterocycles. The fourth-order valence-corrected chi connectivity index (χ4v) is 2.36. The zero-order chi connectivity index (χ0) is 15.4. The van der Waals surface area contributed by atoms with Gasteiger partial charge in [-0.25, -0.2) is 0 Å². The molecule has 0 bridgehead atoms. The number of aromatic nitrogens is 2. The molecule has 114 valence electrons. The van der Waals surface area contributed by atoms with Crippen molar-refractivity contribution in [3.8, 4) is 17.1 Å². The molecule has 0 aliphatic carbocycles. The monoisotopic (exact) mass is 289 g/mol. The van der Waals surface area contributed by atoms with Crippen LogP contribution >= 0.6 is 0 Å². The van der Waals surface area contributed by atoms with Crippen molar-refractivity contribution in [1.29, 1.82) is 0 Å². The Morgan fingerprint density at radius 3 is 2.71 bits per heavy atom. The van der Waals surface area contributed by atoms with Gasteiger partial charge in [0.05, 0.1) is 18.6 Å². The Morgan fingerprint density at radius 2 is 2.10 bits per heavy atom. The van der Waals surface area contributed by atoms with Crippen LogP contribution in [0.1, 0.15) is 37.6 Å². The van der Waals surface area contributed by atoms with Crippen LogP contribution in [-0.4, -0.2) is 23.8 Å². The van der Waals surface area contributed by atoms with Crippen LogP contribution in [0.3, 0.4) is 0 Å². The quantitative estimate of drug-likeness (QED) is 0.884. The summed E-state index contributed by atoms with van der Waals surface area (Å²) in [7, 11) is 1.64. The van der Waals surface area contributed by atoms with E-state index < -0.39 is 0 Å². The maximum atomic E-state index is 5.82. The molecule has 1 atom stereocenters. The van der Waals surface area contributed by atoms with Crippen molar-refractivity contribution in [2.24, 2.45) is 11.7 Å². The maximum Gasteiger partial charge on any atom is 0.231 e. The number of nitrogens with two attached hydrogens (primary N) is 1. The van der Waals surface area contributed by atoms with Crippen molar-refractivity contribution < 1.29 is 9.26 Å². The average molecular weight is 289 g/mol. The van der Waals surface area contributed by atoms with Crippen LogP contribution in [0.5, 0.6) is 5.75 Å². The molecule has 1 aromatic carbocycles. The molecule has 1 heterocycles. The minimum absolute atomic E-state index is 0.0997. The molecule has 0 radical (unpaired) electrons. The highest BCUT2D eigenvalue weighted by atomic mass is 16.5. The van der Waals surface area contributed by atoms with Gasteiger partial charge in [-0.15, -0.1) is 0 Å². The predicted molar refractivity (Wildman–Crippen MR) is 82.3 cm³/mol. The number of rotatable bonds is 6. The predicted octanol–water partition coefficient (Wildman–Crippen LogP) is 3.14. The number of benzene rings is 1. The first-order chi connectivity index (χ1) is 10.0. The van der Waals surface area contributed by atoms with Gasteiger partial charge in [0.1, 0.15) is 5.75 Å². The largest absolute Gasteiger partial charge is 0.496 e. The molecule has 2 aromatic rings. The van der Waals surface area contributed by atoms with Crippen LogP contribution in [-0.2, 0) is 0 Å². The van der Waals surface area contributed by atoms with Gasteiger partial charge in [0.25, 0.3) is 0 Å². The Labute approximate surface area is 125 Å². The van der Waals surface area contributed by atoms with Gasteiger partial charge in [-0.1, -0.05) is 25.1 Å². The summed E-state index contributed by atoms with van der Waals surface area (Å²) in [5.74, 6) is 2.52. The van der Waals surface area contributed by atoms with Crippen molar-refractivity contribution >= 4 is 0 Å². The summed E-state index contributed by atoms with van der Waals surface area (Å²) in [5, 5.41) is 4.08. The van der Waals surface area contributed by atoms with E-state index in [1.807, 2.05) is 25.1 Å². The number of methoxy groups -OCH3 is 1.